The summed E-state index contributed by atoms with van der Waals surface area (Å²) in [6.07, 6.45) is 2.01. The molecule has 0 spiro atoms. The number of nitrogens with zero attached hydrogens (tertiary/aromatic N) is 1. The summed E-state index contributed by atoms with van der Waals surface area (Å²) in [4.78, 5) is 15.2. The fourth-order valence-corrected chi connectivity index (χ4v) is 3.72. The van der Waals surface area contributed by atoms with Crippen LogP contribution in [0.1, 0.15) is 41.7 Å². The number of halogens is 1. The number of hydrogen-bond acceptors (Lipinski definition) is 4. The van der Waals surface area contributed by atoms with Crippen molar-refractivity contribution in [1.82, 2.24) is 10.2 Å². The molecule has 0 saturated carbocycles. The van der Waals surface area contributed by atoms with Gasteiger partial charge in [-0.3, -0.25) is 9.69 Å². The van der Waals surface area contributed by atoms with Crippen molar-refractivity contribution in [2.24, 2.45) is 0 Å². The molecule has 0 aliphatic carbocycles. The van der Waals surface area contributed by atoms with Crippen LogP contribution in [0.4, 0.5) is 0 Å². The number of para-hydroxylation sites is 1. The average Bonchev–Trinajstić information content (AvgIpc) is 2.76. The lowest BCUT2D eigenvalue weighted by Gasteiger charge is -2.35. The first-order valence-electron chi connectivity index (χ1n) is 10.3. The van der Waals surface area contributed by atoms with E-state index in [1.165, 1.54) is 0 Å². The third-order valence-electron chi connectivity index (χ3n) is 5.09. The molecule has 1 heterocycles. The quantitative estimate of drug-likeness (QED) is 0.618. The number of hydrogen-bond donors (Lipinski definition) is 1. The van der Waals surface area contributed by atoms with Gasteiger partial charge in [-0.15, -0.1) is 0 Å². The Labute approximate surface area is 177 Å². The van der Waals surface area contributed by atoms with E-state index in [2.05, 4.69) is 17.1 Å². The fraction of sp³-hybridized carbons (Fsp3) is 0.435. The number of morpholine rings is 1. The summed E-state index contributed by atoms with van der Waals surface area (Å²) in [5.41, 5.74) is 1.58. The summed E-state index contributed by atoms with van der Waals surface area (Å²) in [5, 5.41) is 3.80. The van der Waals surface area contributed by atoms with Gasteiger partial charge in [-0.05, 0) is 30.2 Å². The molecule has 1 aliphatic rings. The Morgan fingerprint density at radius 2 is 1.90 bits per heavy atom. The highest BCUT2D eigenvalue weighted by Crippen LogP contribution is 2.28. The number of benzene rings is 2. The van der Waals surface area contributed by atoms with Crippen molar-refractivity contribution in [1.29, 1.82) is 0 Å². The molecule has 1 amide bonds. The minimum atomic E-state index is -0.137. The van der Waals surface area contributed by atoms with Crippen LogP contribution in [0.3, 0.4) is 0 Å². The zero-order chi connectivity index (χ0) is 20.5. The second-order valence-corrected chi connectivity index (χ2v) is 7.50. The topological polar surface area (TPSA) is 50.8 Å². The van der Waals surface area contributed by atoms with E-state index in [-0.39, 0.29) is 11.9 Å². The molecular formula is C23H29ClN2O3. The van der Waals surface area contributed by atoms with Crippen LogP contribution in [-0.4, -0.2) is 50.3 Å². The maximum atomic E-state index is 12.9. The highest BCUT2D eigenvalue weighted by Gasteiger charge is 2.25. The number of rotatable bonds is 9. The van der Waals surface area contributed by atoms with E-state index in [0.29, 0.717) is 42.7 Å². The zero-order valence-electron chi connectivity index (χ0n) is 16.9. The van der Waals surface area contributed by atoms with Gasteiger partial charge < -0.3 is 14.8 Å². The van der Waals surface area contributed by atoms with E-state index < -0.39 is 0 Å². The molecule has 5 nitrogen and oxygen atoms in total. The molecule has 0 radical (unpaired) electrons. The number of nitrogens with one attached hydrogen (secondary N) is 1. The Morgan fingerprint density at radius 3 is 2.66 bits per heavy atom. The number of unbranched alkanes of at least 4 members (excludes halogenated alkanes) is 1. The molecule has 3 rings (SSSR count). The molecule has 1 saturated heterocycles. The average molecular weight is 417 g/mol. The third kappa shape index (κ3) is 5.95. The SMILES string of the molecule is CCCCOc1ccccc1C(=O)NC[C@@H](c1ccccc1Cl)N1CCOCC1. The van der Waals surface area contributed by atoms with Gasteiger partial charge in [0.25, 0.3) is 5.91 Å². The summed E-state index contributed by atoms with van der Waals surface area (Å²) >= 11 is 6.48. The highest BCUT2D eigenvalue weighted by atomic mass is 35.5. The first kappa shape index (κ1) is 21.6. The molecule has 0 unspecified atom stereocenters. The second-order valence-electron chi connectivity index (χ2n) is 7.09. The lowest BCUT2D eigenvalue weighted by molar-refractivity contribution is 0.0162. The van der Waals surface area contributed by atoms with Gasteiger partial charge in [0.05, 0.1) is 31.4 Å². The number of carbonyl (C=O) groups is 1. The predicted molar refractivity (Wildman–Crippen MR) is 116 cm³/mol. The smallest absolute Gasteiger partial charge is 0.255 e. The normalized spacial score (nSPS) is 15.7. The van der Waals surface area contributed by atoms with Crippen molar-refractivity contribution in [3.05, 3.63) is 64.7 Å². The summed E-state index contributed by atoms with van der Waals surface area (Å²) in [7, 11) is 0. The summed E-state index contributed by atoms with van der Waals surface area (Å²) in [6, 6.07) is 15.2. The molecule has 6 heteroatoms. The van der Waals surface area contributed by atoms with Crippen molar-refractivity contribution >= 4 is 17.5 Å². The molecule has 2 aromatic rings. The van der Waals surface area contributed by atoms with Gasteiger partial charge in [0, 0.05) is 24.7 Å². The maximum absolute atomic E-state index is 12.9. The van der Waals surface area contributed by atoms with Crippen molar-refractivity contribution in [2.45, 2.75) is 25.8 Å². The molecule has 156 valence electrons. The van der Waals surface area contributed by atoms with Gasteiger partial charge >= 0.3 is 0 Å². The fourth-order valence-electron chi connectivity index (χ4n) is 3.46. The number of amides is 1. The van der Waals surface area contributed by atoms with Crippen molar-refractivity contribution < 1.29 is 14.3 Å². The Morgan fingerprint density at radius 1 is 1.17 bits per heavy atom. The Bertz CT molecular complexity index is 793. The molecule has 1 fully saturated rings. The minimum Gasteiger partial charge on any atom is -0.493 e. The van der Waals surface area contributed by atoms with Crippen LogP contribution in [0, 0.1) is 0 Å². The summed E-state index contributed by atoms with van der Waals surface area (Å²) < 4.78 is 11.3. The predicted octanol–water partition coefficient (Wildman–Crippen LogP) is 4.32. The Kier molecular flexibility index (Phi) is 8.35. The van der Waals surface area contributed by atoms with Crippen LogP contribution in [-0.2, 0) is 4.74 Å². The Balaban J connectivity index is 1.72. The standard InChI is InChI=1S/C23H29ClN2O3/c1-2-3-14-29-22-11-7-5-9-19(22)23(27)25-17-21(26-12-15-28-16-13-26)18-8-4-6-10-20(18)24/h4-11,21H,2-3,12-17H2,1H3,(H,25,27)/t21-/m0/s1. The van der Waals surface area contributed by atoms with Crippen LogP contribution in [0.2, 0.25) is 5.02 Å². The maximum Gasteiger partial charge on any atom is 0.255 e. The first-order chi connectivity index (χ1) is 14.2. The zero-order valence-corrected chi connectivity index (χ0v) is 17.7. The summed E-state index contributed by atoms with van der Waals surface area (Å²) in [6.45, 7) is 6.17. The summed E-state index contributed by atoms with van der Waals surface area (Å²) in [5.74, 6) is 0.488. The van der Waals surface area contributed by atoms with E-state index in [1.807, 2.05) is 42.5 Å². The van der Waals surface area contributed by atoms with Crippen molar-refractivity contribution in [2.75, 3.05) is 39.5 Å². The number of carbonyl (C=O) groups excluding carboxylic acids is 1. The molecule has 29 heavy (non-hydrogen) atoms. The highest BCUT2D eigenvalue weighted by molar-refractivity contribution is 6.31. The van der Waals surface area contributed by atoms with E-state index >= 15 is 0 Å². The largest absolute Gasteiger partial charge is 0.493 e. The molecule has 1 N–H and O–H groups in total. The monoisotopic (exact) mass is 416 g/mol. The van der Waals surface area contributed by atoms with Gasteiger partial charge in [0.15, 0.2) is 0 Å². The minimum absolute atomic E-state index is 0.00952. The number of ether oxygens (including phenoxy) is 2. The third-order valence-corrected chi connectivity index (χ3v) is 5.44. The molecule has 0 bridgehead atoms. The van der Waals surface area contributed by atoms with Crippen LogP contribution in [0.5, 0.6) is 5.75 Å². The van der Waals surface area contributed by atoms with Crippen molar-refractivity contribution in [3.8, 4) is 5.75 Å². The van der Waals surface area contributed by atoms with Gasteiger partial charge in [0.1, 0.15) is 5.75 Å². The van der Waals surface area contributed by atoms with Crippen LogP contribution in [0.25, 0.3) is 0 Å². The van der Waals surface area contributed by atoms with Crippen LogP contribution in [0.15, 0.2) is 48.5 Å². The van der Waals surface area contributed by atoms with E-state index in [4.69, 9.17) is 21.1 Å². The molecular weight excluding hydrogens is 388 g/mol. The second kappa shape index (κ2) is 11.2. The van der Waals surface area contributed by atoms with E-state index in [1.54, 1.807) is 6.07 Å². The van der Waals surface area contributed by atoms with Crippen LogP contribution < -0.4 is 10.1 Å². The van der Waals surface area contributed by atoms with Crippen LogP contribution >= 0.6 is 11.6 Å². The molecule has 2 aromatic carbocycles. The van der Waals surface area contributed by atoms with Gasteiger partial charge in [-0.1, -0.05) is 55.3 Å². The van der Waals surface area contributed by atoms with Gasteiger partial charge in [0.2, 0.25) is 0 Å². The van der Waals surface area contributed by atoms with Gasteiger partial charge in [-0.25, -0.2) is 0 Å². The molecule has 1 aliphatic heterocycles. The van der Waals surface area contributed by atoms with E-state index in [9.17, 15) is 4.79 Å². The molecule has 1 atom stereocenters. The van der Waals surface area contributed by atoms with Gasteiger partial charge in [-0.2, -0.15) is 0 Å². The first-order valence-corrected chi connectivity index (χ1v) is 10.6. The van der Waals surface area contributed by atoms with Crippen molar-refractivity contribution in [3.63, 3.8) is 0 Å². The molecule has 0 aromatic heterocycles. The lowest BCUT2D eigenvalue weighted by Crippen LogP contribution is -2.44. The van der Waals surface area contributed by atoms with E-state index in [0.717, 1.165) is 31.5 Å². The lowest BCUT2D eigenvalue weighted by atomic mass is 10.0. The Hall–Kier alpha value is -2.08.